The van der Waals surface area contributed by atoms with Crippen molar-refractivity contribution in [3.63, 3.8) is 0 Å². The molecule has 1 fully saturated rings. The predicted octanol–water partition coefficient (Wildman–Crippen LogP) is 0.538. The van der Waals surface area contributed by atoms with Crippen LogP contribution in [-0.4, -0.2) is 42.4 Å². The van der Waals surface area contributed by atoms with E-state index in [4.69, 9.17) is 5.73 Å². The first kappa shape index (κ1) is 14.5. The smallest absolute Gasteiger partial charge is 0.254 e. The molecule has 2 amide bonds. The SMILES string of the molecule is CCC1C(=O)NCCN1C(=O)c1cccc(CCN)c1. The summed E-state index contributed by atoms with van der Waals surface area (Å²) in [7, 11) is 0. The van der Waals surface area contributed by atoms with E-state index in [9.17, 15) is 9.59 Å². The topological polar surface area (TPSA) is 75.4 Å². The summed E-state index contributed by atoms with van der Waals surface area (Å²) in [5, 5.41) is 2.80. The predicted molar refractivity (Wildman–Crippen MR) is 77.3 cm³/mol. The van der Waals surface area contributed by atoms with E-state index in [1.807, 2.05) is 25.1 Å². The summed E-state index contributed by atoms with van der Waals surface area (Å²) in [6, 6.07) is 7.12. The van der Waals surface area contributed by atoms with Gasteiger partial charge >= 0.3 is 0 Å². The minimum Gasteiger partial charge on any atom is -0.353 e. The van der Waals surface area contributed by atoms with Crippen LogP contribution in [0.2, 0.25) is 0 Å². The van der Waals surface area contributed by atoms with E-state index >= 15 is 0 Å². The van der Waals surface area contributed by atoms with E-state index in [0.717, 1.165) is 12.0 Å². The number of carbonyl (C=O) groups excluding carboxylic acids is 2. The molecule has 1 heterocycles. The molecule has 0 aromatic heterocycles. The number of hydrogen-bond acceptors (Lipinski definition) is 3. The average molecular weight is 275 g/mol. The van der Waals surface area contributed by atoms with Crippen molar-refractivity contribution in [2.75, 3.05) is 19.6 Å². The van der Waals surface area contributed by atoms with Crippen molar-refractivity contribution < 1.29 is 9.59 Å². The zero-order valence-corrected chi connectivity index (χ0v) is 11.8. The summed E-state index contributed by atoms with van der Waals surface area (Å²) in [5.41, 5.74) is 7.22. The third-order valence-corrected chi connectivity index (χ3v) is 3.59. The maximum absolute atomic E-state index is 12.6. The van der Waals surface area contributed by atoms with E-state index in [-0.39, 0.29) is 17.9 Å². The monoisotopic (exact) mass is 275 g/mol. The van der Waals surface area contributed by atoms with Crippen LogP contribution in [-0.2, 0) is 11.2 Å². The van der Waals surface area contributed by atoms with Crippen LogP contribution in [0.25, 0.3) is 0 Å². The van der Waals surface area contributed by atoms with Crippen LogP contribution in [0.5, 0.6) is 0 Å². The molecule has 108 valence electrons. The number of carbonyl (C=O) groups is 2. The summed E-state index contributed by atoms with van der Waals surface area (Å²) in [4.78, 5) is 26.1. The lowest BCUT2D eigenvalue weighted by Gasteiger charge is -2.34. The third-order valence-electron chi connectivity index (χ3n) is 3.59. The molecule has 0 bridgehead atoms. The summed E-state index contributed by atoms with van der Waals surface area (Å²) in [5.74, 6) is -0.143. The highest BCUT2D eigenvalue weighted by atomic mass is 16.2. The van der Waals surface area contributed by atoms with Gasteiger partial charge in [0, 0.05) is 18.7 Å². The minimum absolute atomic E-state index is 0.0646. The summed E-state index contributed by atoms with van der Waals surface area (Å²) >= 11 is 0. The van der Waals surface area contributed by atoms with Gasteiger partial charge in [-0.1, -0.05) is 19.1 Å². The van der Waals surface area contributed by atoms with Crippen LogP contribution in [0.4, 0.5) is 0 Å². The molecular weight excluding hydrogens is 254 g/mol. The Hall–Kier alpha value is -1.88. The van der Waals surface area contributed by atoms with Gasteiger partial charge in [-0.05, 0) is 37.1 Å². The molecule has 1 aromatic carbocycles. The number of benzene rings is 1. The van der Waals surface area contributed by atoms with Gasteiger partial charge in [-0.25, -0.2) is 0 Å². The molecule has 0 saturated carbocycles. The lowest BCUT2D eigenvalue weighted by Crippen LogP contribution is -2.56. The standard InChI is InChI=1S/C15H21N3O2/c1-2-13-14(19)17-8-9-18(13)15(20)12-5-3-4-11(10-12)6-7-16/h3-5,10,13H,2,6-9,16H2,1H3,(H,17,19). The van der Waals surface area contributed by atoms with Crippen molar-refractivity contribution in [3.05, 3.63) is 35.4 Å². The first-order chi connectivity index (χ1) is 9.67. The highest BCUT2D eigenvalue weighted by Gasteiger charge is 2.31. The fourth-order valence-electron chi connectivity index (χ4n) is 2.56. The van der Waals surface area contributed by atoms with Gasteiger partial charge in [-0.15, -0.1) is 0 Å². The molecule has 5 nitrogen and oxygen atoms in total. The highest BCUT2D eigenvalue weighted by molar-refractivity contribution is 5.98. The molecule has 5 heteroatoms. The lowest BCUT2D eigenvalue weighted by atomic mass is 10.0. The quantitative estimate of drug-likeness (QED) is 0.842. The fraction of sp³-hybridized carbons (Fsp3) is 0.467. The molecule has 20 heavy (non-hydrogen) atoms. The summed E-state index contributed by atoms with van der Waals surface area (Å²) in [6.45, 7) is 3.55. The Balaban J connectivity index is 2.21. The molecule has 1 atom stereocenters. The molecule has 0 radical (unpaired) electrons. The van der Waals surface area contributed by atoms with Crippen LogP contribution in [0.1, 0.15) is 29.3 Å². The molecule has 0 aliphatic carbocycles. The van der Waals surface area contributed by atoms with E-state index in [1.54, 1.807) is 11.0 Å². The van der Waals surface area contributed by atoms with Crippen LogP contribution >= 0.6 is 0 Å². The minimum atomic E-state index is -0.366. The second-order valence-corrected chi connectivity index (χ2v) is 4.95. The second-order valence-electron chi connectivity index (χ2n) is 4.95. The van der Waals surface area contributed by atoms with Crippen LogP contribution in [0.3, 0.4) is 0 Å². The van der Waals surface area contributed by atoms with Crippen molar-refractivity contribution in [1.82, 2.24) is 10.2 Å². The summed E-state index contributed by atoms with van der Waals surface area (Å²) < 4.78 is 0. The van der Waals surface area contributed by atoms with E-state index < -0.39 is 0 Å². The zero-order valence-electron chi connectivity index (χ0n) is 11.8. The van der Waals surface area contributed by atoms with Gasteiger partial charge in [0.15, 0.2) is 0 Å². The number of rotatable bonds is 4. The van der Waals surface area contributed by atoms with Crippen molar-refractivity contribution in [2.24, 2.45) is 5.73 Å². The van der Waals surface area contributed by atoms with E-state index in [1.165, 1.54) is 0 Å². The Morgan fingerprint density at radius 3 is 3.00 bits per heavy atom. The fourth-order valence-corrected chi connectivity index (χ4v) is 2.56. The van der Waals surface area contributed by atoms with Crippen LogP contribution in [0.15, 0.2) is 24.3 Å². The van der Waals surface area contributed by atoms with Crippen LogP contribution in [0, 0.1) is 0 Å². The maximum Gasteiger partial charge on any atom is 0.254 e. The van der Waals surface area contributed by atoms with Gasteiger partial charge in [0.05, 0.1) is 0 Å². The molecule has 3 N–H and O–H groups in total. The van der Waals surface area contributed by atoms with Gasteiger partial charge in [0.2, 0.25) is 5.91 Å². The van der Waals surface area contributed by atoms with Gasteiger partial charge in [-0.2, -0.15) is 0 Å². The molecule has 1 aliphatic rings. The number of nitrogens with one attached hydrogen (secondary N) is 1. The largest absolute Gasteiger partial charge is 0.353 e. The normalized spacial score (nSPS) is 18.8. The first-order valence-electron chi connectivity index (χ1n) is 7.05. The van der Waals surface area contributed by atoms with Crippen molar-refractivity contribution in [2.45, 2.75) is 25.8 Å². The third kappa shape index (κ3) is 2.99. The Morgan fingerprint density at radius 2 is 2.30 bits per heavy atom. The number of nitrogens with zero attached hydrogens (tertiary/aromatic N) is 1. The molecule has 1 aliphatic heterocycles. The summed E-state index contributed by atoms with van der Waals surface area (Å²) in [6.07, 6.45) is 1.37. The van der Waals surface area contributed by atoms with Gasteiger partial charge < -0.3 is 16.0 Å². The Kier molecular flexibility index (Phi) is 4.74. The van der Waals surface area contributed by atoms with Crippen molar-refractivity contribution in [1.29, 1.82) is 0 Å². The maximum atomic E-state index is 12.6. The number of amides is 2. The molecule has 0 spiro atoms. The molecule has 2 rings (SSSR count). The van der Waals surface area contributed by atoms with Gasteiger partial charge in [0.25, 0.3) is 5.91 Å². The second kappa shape index (κ2) is 6.52. The highest BCUT2D eigenvalue weighted by Crippen LogP contribution is 2.15. The van der Waals surface area contributed by atoms with E-state index in [2.05, 4.69) is 5.32 Å². The molecular formula is C15H21N3O2. The Bertz CT molecular complexity index is 502. The zero-order chi connectivity index (χ0) is 14.5. The first-order valence-corrected chi connectivity index (χ1v) is 7.05. The molecule has 1 unspecified atom stereocenters. The van der Waals surface area contributed by atoms with Crippen molar-refractivity contribution in [3.8, 4) is 0 Å². The van der Waals surface area contributed by atoms with Gasteiger partial charge in [0.1, 0.15) is 6.04 Å². The molecule has 1 aromatic rings. The molecule has 1 saturated heterocycles. The number of piperazine rings is 1. The Labute approximate surface area is 119 Å². The number of nitrogens with two attached hydrogens (primary N) is 1. The number of hydrogen-bond donors (Lipinski definition) is 2. The lowest BCUT2D eigenvalue weighted by molar-refractivity contribution is -0.127. The average Bonchev–Trinajstić information content (AvgIpc) is 2.47. The van der Waals surface area contributed by atoms with Crippen LogP contribution < -0.4 is 11.1 Å². The Morgan fingerprint density at radius 1 is 1.50 bits per heavy atom. The van der Waals surface area contributed by atoms with E-state index in [0.29, 0.717) is 31.6 Å². The van der Waals surface area contributed by atoms with Gasteiger partial charge in [-0.3, -0.25) is 9.59 Å². The van der Waals surface area contributed by atoms with Crippen molar-refractivity contribution >= 4 is 11.8 Å².